The van der Waals surface area contributed by atoms with E-state index in [0.29, 0.717) is 0 Å². The summed E-state index contributed by atoms with van der Waals surface area (Å²) in [7, 11) is 0. The van der Waals surface area contributed by atoms with Crippen molar-refractivity contribution < 1.29 is 0 Å². The number of anilines is 1. The molecule has 1 fully saturated rings. The highest BCUT2D eigenvalue weighted by Gasteiger charge is 2.09. The summed E-state index contributed by atoms with van der Waals surface area (Å²) < 4.78 is 0. The second kappa shape index (κ2) is 9.45. The Morgan fingerprint density at radius 3 is 2.29 bits per heavy atom. The summed E-state index contributed by atoms with van der Waals surface area (Å²) in [4.78, 5) is 5.78. The van der Waals surface area contributed by atoms with Gasteiger partial charge in [-0.25, -0.2) is 0 Å². The Morgan fingerprint density at radius 2 is 1.50 bits per heavy atom. The van der Waals surface area contributed by atoms with E-state index in [2.05, 4.69) is 82.7 Å². The maximum Gasteiger partial charge on any atom is 0.0459 e. The van der Waals surface area contributed by atoms with Gasteiger partial charge in [0, 0.05) is 30.5 Å². The second-order valence-corrected chi connectivity index (χ2v) is 7.70. The van der Waals surface area contributed by atoms with Crippen LogP contribution in [0.5, 0.6) is 0 Å². The lowest BCUT2D eigenvalue weighted by Gasteiger charge is -2.28. The van der Waals surface area contributed by atoms with Gasteiger partial charge in [0.25, 0.3) is 0 Å². The van der Waals surface area contributed by atoms with Crippen LogP contribution < -0.4 is 4.90 Å². The highest BCUT2D eigenvalue weighted by molar-refractivity contribution is 5.81. The summed E-state index contributed by atoms with van der Waals surface area (Å²) in [6.45, 7) is 2.42. The Bertz CT molecular complexity index is 924. The minimum atomic E-state index is 1.11. The van der Waals surface area contributed by atoms with Crippen LogP contribution in [0.1, 0.15) is 49.7 Å². The number of hydrogen-bond acceptors (Lipinski definition) is 1. The van der Waals surface area contributed by atoms with E-state index in [4.69, 9.17) is 0 Å². The molecular formula is C26H30N2. The number of allylic oxidation sites excluding steroid dienone is 2. The fraction of sp³-hybridized carbons (Fsp3) is 0.308. The number of nitrogens with one attached hydrogen (secondary N) is 1. The summed E-state index contributed by atoms with van der Waals surface area (Å²) in [5, 5.41) is 1.27. The molecule has 144 valence electrons. The van der Waals surface area contributed by atoms with Crippen LogP contribution in [-0.2, 0) is 0 Å². The molecule has 0 spiro atoms. The quantitative estimate of drug-likeness (QED) is 0.441. The van der Waals surface area contributed by atoms with Gasteiger partial charge in [-0.15, -0.1) is 0 Å². The maximum atomic E-state index is 3.27. The van der Waals surface area contributed by atoms with Gasteiger partial charge < -0.3 is 9.88 Å². The van der Waals surface area contributed by atoms with Gasteiger partial charge in [-0.3, -0.25) is 0 Å². The summed E-state index contributed by atoms with van der Waals surface area (Å²) >= 11 is 0. The molecule has 2 heterocycles. The van der Waals surface area contributed by atoms with Gasteiger partial charge in [0.05, 0.1) is 0 Å². The lowest BCUT2D eigenvalue weighted by molar-refractivity contribution is 0.578. The molecule has 0 radical (unpaired) electrons. The third-order valence-electron chi connectivity index (χ3n) is 5.56. The molecule has 1 aliphatic rings. The molecule has 1 aliphatic heterocycles. The average molecular weight is 371 g/mol. The minimum Gasteiger partial charge on any atom is -0.372 e. The molecule has 2 nitrogen and oxygen atoms in total. The highest BCUT2D eigenvalue weighted by atomic mass is 15.1. The van der Waals surface area contributed by atoms with Crippen LogP contribution in [0.25, 0.3) is 23.1 Å². The molecule has 0 amide bonds. The summed E-state index contributed by atoms with van der Waals surface area (Å²) in [6.07, 6.45) is 18.5. The van der Waals surface area contributed by atoms with Crippen LogP contribution in [0.2, 0.25) is 0 Å². The summed E-state index contributed by atoms with van der Waals surface area (Å²) in [6, 6.07) is 17.7. The Morgan fingerprint density at radius 1 is 0.786 bits per heavy atom. The van der Waals surface area contributed by atoms with Gasteiger partial charge >= 0.3 is 0 Å². The molecule has 0 unspecified atom stereocenters. The molecule has 0 saturated carbocycles. The van der Waals surface area contributed by atoms with Gasteiger partial charge in [0.1, 0.15) is 0 Å². The Balaban J connectivity index is 1.19. The Labute approximate surface area is 168 Å². The molecule has 3 aromatic rings. The monoisotopic (exact) mass is 370 g/mol. The first-order valence-corrected chi connectivity index (χ1v) is 10.6. The molecule has 1 saturated heterocycles. The standard InChI is InChI=1S/C26H30N2/c1(3-6-10-23-11-14-24-17-18-27-26(24)21-23)2-5-9-22-12-15-25(16-13-22)28-19-7-4-8-20-28/h5-6,9-18,21,27H,1-4,7-8,19-20H2/b9-5+,10-6+. The first-order valence-electron chi connectivity index (χ1n) is 10.6. The highest BCUT2D eigenvalue weighted by Crippen LogP contribution is 2.21. The zero-order valence-electron chi connectivity index (χ0n) is 16.6. The van der Waals surface area contributed by atoms with Gasteiger partial charge in [0.2, 0.25) is 0 Å². The second-order valence-electron chi connectivity index (χ2n) is 7.70. The molecule has 0 atom stereocenters. The van der Waals surface area contributed by atoms with Crippen molar-refractivity contribution in [3.05, 3.63) is 78.0 Å². The number of unbranched alkanes of at least 4 members (excludes halogenated alkanes) is 2. The van der Waals surface area contributed by atoms with E-state index in [1.54, 1.807) is 0 Å². The molecule has 2 aromatic carbocycles. The van der Waals surface area contributed by atoms with Crippen molar-refractivity contribution in [2.45, 2.75) is 38.5 Å². The van der Waals surface area contributed by atoms with Crippen molar-refractivity contribution >= 4 is 28.7 Å². The number of H-pyrrole nitrogens is 1. The van der Waals surface area contributed by atoms with E-state index >= 15 is 0 Å². The number of benzene rings is 2. The fourth-order valence-corrected chi connectivity index (χ4v) is 3.91. The van der Waals surface area contributed by atoms with Crippen molar-refractivity contribution in [2.75, 3.05) is 18.0 Å². The van der Waals surface area contributed by atoms with E-state index < -0.39 is 0 Å². The lowest BCUT2D eigenvalue weighted by atomic mass is 10.1. The van der Waals surface area contributed by atoms with Gasteiger partial charge in [-0.05, 0) is 79.3 Å². The smallest absolute Gasteiger partial charge is 0.0459 e. The number of aromatic nitrogens is 1. The van der Waals surface area contributed by atoms with Crippen molar-refractivity contribution in [1.29, 1.82) is 0 Å². The molecular weight excluding hydrogens is 340 g/mol. The van der Waals surface area contributed by atoms with E-state index in [1.165, 1.54) is 66.5 Å². The largest absolute Gasteiger partial charge is 0.372 e. The van der Waals surface area contributed by atoms with Crippen LogP contribution in [0.4, 0.5) is 5.69 Å². The molecule has 1 aromatic heterocycles. The van der Waals surface area contributed by atoms with Crippen molar-refractivity contribution in [3.63, 3.8) is 0 Å². The van der Waals surface area contributed by atoms with Crippen LogP contribution in [-0.4, -0.2) is 18.1 Å². The molecule has 0 bridgehead atoms. The van der Waals surface area contributed by atoms with Crippen LogP contribution in [0, 0.1) is 0 Å². The summed E-state index contributed by atoms with van der Waals surface area (Å²) in [5.41, 5.74) is 5.14. The number of rotatable bonds is 7. The Kier molecular flexibility index (Phi) is 6.29. The molecule has 1 N–H and O–H groups in total. The summed E-state index contributed by atoms with van der Waals surface area (Å²) in [5.74, 6) is 0. The van der Waals surface area contributed by atoms with Crippen LogP contribution in [0.3, 0.4) is 0 Å². The van der Waals surface area contributed by atoms with E-state index in [1.807, 2.05) is 6.20 Å². The molecule has 28 heavy (non-hydrogen) atoms. The van der Waals surface area contributed by atoms with Crippen LogP contribution in [0.15, 0.2) is 66.9 Å². The molecule has 4 rings (SSSR count). The van der Waals surface area contributed by atoms with Crippen molar-refractivity contribution in [1.82, 2.24) is 4.98 Å². The van der Waals surface area contributed by atoms with Crippen LogP contribution >= 0.6 is 0 Å². The van der Waals surface area contributed by atoms with Crippen molar-refractivity contribution in [3.8, 4) is 0 Å². The number of nitrogens with zero attached hydrogens (tertiary/aromatic N) is 1. The predicted molar refractivity (Wildman–Crippen MR) is 123 cm³/mol. The third kappa shape index (κ3) is 4.95. The maximum absolute atomic E-state index is 3.27. The normalized spacial score (nSPS) is 15.2. The third-order valence-corrected chi connectivity index (χ3v) is 5.56. The number of piperidine rings is 1. The van der Waals surface area contributed by atoms with Crippen molar-refractivity contribution in [2.24, 2.45) is 0 Å². The average Bonchev–Trinajstić information content (AvgIpc) is 3.22. The number of hydrogen-bond donors (Lipinski definition) is 1. The topological polar surface area (TPSA) is 19.0 Å². The van der Waals surface area contributed by atoms with E-state index in [-0.39, 0.29) is 0 Å². The fourth-order valence-electron chi connectivity index (χ4n) is 3.91. The SMILES string of the molecule is C(=C\c1ccc(N2CCCCC2)cc1)/CCC/C=C/c1ccc2cc[nH]c2c1. The van der Waals surface area contributed by atoms with E-state index in [0.717, 1.165) is 12.8 Å². The first kappa shape index (κ1) is 18.6. The zero-order valence-corrected chi connectivity index (χ0v) is 16.6. The van der Waals surface area contributed by atoms with Gasteiger partial charge in [-0.2, -0.15) is 0 Å². The van der Waals surface area contributed by atoms with Gasteiger partial charge in [-0.1, -0.05) is 48.6 Å². The lowest BCUT2D eigenvalue weighted by Crippen LogP contribution is -2.29. The zero-order chi connectivity index (χ0) is 19.0. The first-order chi connectivity index (χ1) is 13.9. The number of aromatic amines is 1. The predicted octanol–water partition coefficient (Wildman–Crippen LogP) is 7.06. The molecule has 0 aliphatic carbocycles. The molecule has 2 heteroatoms. The minimum absolute atomic E-state index is 1.11. The van der Waals surface area contributed by atoms with E-state index in [9.17, 15) is 0 Å². The Hall–Kier alpha value is -2.74. The van der Waals surface area contributed by atoms with Gasteiger partial charge in [0.15, 0.2) is 0 Å². The number of fused-ring (bicyclic) bond motifs is 1.